The van der Waals surface area contributed by atoms with Crippen LogP contribution in [0.5, 0.6) is 0 Å². The number of halogens is 1. The molecule has 1 unspecified atom stereocenters. The van der Waals surface area contributed by atoms with E-state index in [-0.39, 0.29) is 6.04 Å². The van der Waals surface area contributed by atoms with E-state index in [9.17, 15) is 0 Å². The SMILES string of the molecule is C=CCCCCCC(NN)c1cc(Br)ccc1C. The van der Waals surface area contributed by atoms with Gasteiger partial charge in [-0.2, -0.15) is 0 Å². The lowest BCUT2D eigenvalue weighted by atomic mass is 9.97. The van der Waals surface area contributed by atoms with Crippen molar-refractivity contribution in [2.45, 2.75) is 45.1 Å². The summed E-state index contributed by atoms with van der Waals surface area (Å²) in [5.74, 6) is 5.68. The maximum Gasteiger partial charge on any atom is 0.0463 e. The van der Waals surface area contributed by atoms with Crippen LogP contribution in [0, 0.1) is 6.92 Å². The van der Waals surface area contributed by atoms with E-state index in [1.54, 1.807) is 0 Å². The van der Waals surface area contributed by atoms with Gasteiger partial charge in [-0.1, -0.05) is 40.9 Å². The van der Waals surface area contributed by atoms with Crippen LogP contribution in [0.2, 0.25) is 0 Å². The first-order valence-electron chi connectivity index (χ1n) is 6.52. The monoisotopic (exact) mass is 310 g/mol. The third-order valence-electron chi connectivity index (χ3n) is 3.22. The minimum Gasteiger partial charge on any atom is -0.271 e. The van der Waals surface area contributed by atoms with Crippen LogP contribution in [0.3, 0.4) is 0 Å². The Balaban J connectivity index is 2.54. The molecule has 0 saturated heterocycles. The lowest BCUT2D eigenvalue weighted by Crippen LogP contribution is -2.28. The summed E-state index contributed by atoms with van der Waals surface area (Å²) in [5, 5.41) is 0. The van der Waals surface area contributed by atoms with E-state index in [0.29, 0.717) is 0 Å². The summed E-state index contributed by atoms with van der Waals surface area (Å²) in [6.45, 7) is 5.87. The molecule has 2 nitrogen and oxygen atoms in total. The van der Waals surface area contributed by atoms with Crippen LogP contribution in [0.25, 0.3) is 0 Å². The number of benzene rings is 1. The van der Waals surface area contributed by atoms with Crippen molar-refractivity contribution in [2.75, 3.05) is 0 Å². The fraction of sp³-hybridized carbons (Fsp3) is 0.467. The summed E-state index contributed by atoms with van der Waals surface area (Å²) < 4.78 is 1.11. The van der Waals surface area contributed by atoms with Gasteiger partial charge in [0.2, 0.25) is 0 Å². The number of hydrazine groups is 1. The van der Waals surface area contributed by atoms with Crippen molar-refractivity contribution >= 4 is 15.9 Å². The van der Waals surface area contributed by atoms with Crippen LogP contribution < -0.4 is 11.3 Å². The van der Waals surface area contributed by atoms with E-state index in [0.717, 1.165) is 17.3 Å². The molecule has 0 spiro atoms. The Bertz CT molecular complexity index is 377. The van der Waals surface area contributed by atoms with Gasteiger partial charge in [0, 0.05) is 10.5 Å². The highest BCUT2D eigenvalue weighted by molar-refractivity contribution is 9.10. The van der Waals surface area contributed by atoms with E-state index in [4.69, 9.17) is 5.84 Å². The number of hydrogen-bond acceptors (Lipinski definition) is 2. The second-order valence-corrected chi connectivity index (χ2v) is 5.56. The Labute approximate surface area is 119 Å². The standard InChI is InChI=1S/C15H23BrN2/c1-3-4-5-6-7-8-15(18-17)14-11-13(16)10-9-12(14)2/h3,9-11,15,18H,1,4-8,17H2,2H3. The van der Waals surface area contributed by atoms with E-state index in [1.165, 1.54) is 30.4 Å². The van der Waals surface area contributed by atoms with Gasteiger partial charge in [0.1, 0.15) is 0 Å². The fourth-order valence-corrected chi connectivity index (χ4v) is 2.51. The quantitative estimate of drug-likeness (QED) is 0.323. The largest absolute Gasteiger partial charge is 0.271 e. The molecular formula is C15H23BrN2. The third kappa shape index (κ3) is 4.92. The van der Waals surface area contributed by atoms with Gasteiger partial charge in [-0.25, -0.2) is 0 Å². The van der Waals surface area contributed by atoms with Gasteiger partial charge in [-0.3, -0.25) is 11.3 Å². The number of unbranched alkanes of at least 4 members (excludes halogenated alkanes) is 3. The molecule has 18 heavy (non-hydrogen) atoms. The van der Waals surface area contributed by atoms with Gasteiger partial charge in [0.15, 0.2) is 0 Å². The van der Waals surface area contributed by atoms with Crippen molar-refractivity contribution in [1.29, 1.82) is 0 Å². The number of rotatable bonds is 8. The lowest BCUT2D eigenvalue weighted by molar-refractivity contribution is 0.482. The first-order chi connectivity index (χ1) is 8.69. The molecule has 0 radical (unpaired) electrons. The average molecular weight is 311 g/mol. The molecule has 0 amide bonds. The molecule has 0 heterocycles. The van der Waals surface area contributed by atoms with Crippen molar-refractivity contribution in [2.24, 2.45) is 5.84 Å². The molecule has 0 fully saturated rings. The van der Waals surface area contributed by atoms with Gasteiger partial charge in [0.25, 0.3) is 0 Å². The highest BCUT2D eigenvalue weighted by atomic mass is 79.9. The molecule has 0 aromatic heterocycles. The van der Waals surface area contributed by atoms with Crippen LogP contribution in [-0.4, -0.2) is 0 Å². The number of nitrogens with one attached hydrogen (secondary N) is 1. The predicted molar refractivity (Wildman–Crippen MR) is 82.2 cm³/mol. The number of hydrogen-bond donors (Lipinski definition) is 2. The summed E-state index contributed by atoms with van der Waals surface area (Å²) >= 11 is 3.52. The number of aryl methyl sites for hydroxylation is 1. The molecule has 0 aliphatic carbocycles. The topological polar surface area (TPSA) is 38.0 Å². The Hall–Kier alpha value is -0.640. The maximum atomic E-state index is 5.68. The highest BCUT2D eigenvalue weighted by Crippen LogP contribution is 2.25. The van der Waals surface area contributed by atoms with Gasteiger partial charge in [-0.15, -0.1) is 6.58 Å². The average Bonchev–Trinajstić information content (AvgIpc) is 2.37. The Morgan fingerprint density at radius 1 is 1.39 bits per heavy atom. The highest BCUT2D eigenvalue weighted by Gasteiger charge is 2.12. The van der Waals surface area contributed by atoms with Crippen LogP contribution in [0.4, 0.5) is 0 Å². The predicted octanol–water partition coefficient (Wildman–Crippen LogP) is 4.40. The molecule has 1 rings (SSSR count). The summed E-state index contributed by atoms with van der Waals surface area (Å²) in [6.07, 6.45) is 7.81. The van der Waals surface area contributed by atoms with E-state index in [1.807, 2.05) is 6.08 Å². The molecule has 0 saturated carbocycles. The number of allylic oxidation sites excluding steroid dienone is 1. The minimum atomic E-state index is 0.242. The first-order valence-corrected chi connectivity index (χ1v) is 7.31. The van der Waals surface area contributed by atoms with Crippen molar-refractivity contribution < 1.29 is 0 Å². The van der Waals surface area contributed by atoms with Gasteiger partial charge < -0.3 is 0 Å². The molecule has 100 valence electrons. The van der Waals surface area contributed by atoms with E-state index < -0.39 is 0 Å². The zero-order valence-corrected chi connectivity index (χ0v) is 12.7. The molecule has 0 bridgehead atoms. The van der Waals surface area contributed by atoms with Crippen LogP contribution in [0.15, 0.2) is 35.3 Å². The lowest BCUT2D eigenvalue weighted by Gasteiger charge is -2.18. The van der Waals surface area contributed by atoms with Crippen LogP contribution in [0.1, 0.15) is 49.3 Å². The molecule has 3 heteroatoms. The second kappa shape index (κ2) is 8.46. The maximum absolute atomic E-state index is 5.68. The third-order valence-corrected chi connectivity index (χ3v) is 3.71. The van der Waals surface area contributed by atoms with E-state index in [2.05, 4.69) is 53.1 Å². The van der Waals surface area contributed by atoms with Gasteiger partial charge >= 0.3 is 0 Å². The van der Waals surface area contributed by atoms with Crippen molar-refractivity contribution in [3.05, 3.63) is 46.5 Å². The summed E-state index contributed by atoms with van der Waals surface area (Å²) in [4.78, 5) is 0. The smallest absolute Gasteiger partial charge is 0.0463 e. The molecule has 1 aromatic rings. The van der Waals surface area contributed by atoms with Gasteiger partial charge in [-0.05, 0) is 49.4 Å². The Morgan fingerprint density at radius 3 is 2.83 bits per heavy atom. The molecule has 1 aromatic carbocycles. The Kier molecular flexibility index (Phi) is 7.25. The molecule has 0 aliphatic rings. The zero-order chi connectivity index (χ0) is 13.4. The van der Waals surface area contributed by atoms with Crippen molar-refractivity contribution in [3.8, 4) is 0 Å². The summed E-state index contributed by atoms with van der Waals surface area (Å²) in [6, 6.07) is 6.59. The normalized spacial score (nSPS) is 12.4. The van der Waals surface area contributed by atoms with Crippen molar-refractivity contribution in [1.82, 2.24) is 5.43 Å². The van der Waals surface area contributed by atoms with Crippen molar-refractivity contribution in [3.63, 3.8) is 0 Å². The zero-order valence-electron chi connectivity index (χ0n) is 11.1. The second-order valence-electron chi connectivity index (χ2n) is 4.65. The summed E-state index contributed by atoms with van der Waals surface area (Å²) in [5.41, 5.74) is 5.51. The van der Waals surface area contributed by atoms with Gasteiger partial charge in [0.05, 0.1) is 0 Å². The molecule has 1 atom stereocenters. The van der Waals surface area contributed by atoms with Crippen LogP contribution >= 0.6 is 15.9 Å². The van der Waals surface area contributed by atoms with Crippen LogP contribution in [-0.2, 0) is 0 Å². The molecule has 3 N–H and O–H groups in total. The molecular weight excluding hydrogens is 288 g/mol. The fourth-order valence-electron chi connectivity index (χ4n) is 2.13. The number of nitrogens with two attached hydrogens (primary N) is 1. The minimum absolute atomic E-state index is 0.242. The summed E-state index contributed by atoms with van der Waals surface area (Å²) in [7, 11) is 0. The first kappa shape index (κ1) is 15.4. The molecule has 0 aliphatic heterocycles. The van der Waals surface area contributed by atoms with E-state index >= 15 is 0 Å². The Morgan fingerprint density at radius 2 is 2.17 bits per heavy atom.